The van der Waals surface area contributed by atoms with Crippen LogP contribution >= 0.6 is 0 Å². The molecule has 0 saturated carbocycles. The molecule has 16 nitrogen and oxygen atoms in total. The highest BCUT2D eigenvalue weighted by Gasteiger charge is 2.25. The number of rotatable bonds is 34. The molecule has 0 amide bonds. The third-order valence-electron chi connectivity index (χ3n) is 14.0. The zero-order valence-electron chi connectivity index (χ0n) is 55.4. The van der Waals surface area contributed by atoms with Crippen LogP contribution in [0.4, 0.5) is 0 Å². The second-order valence-corrected chi connectivity index (χ2v) is 24.2. The summed E-state index contributed by atoms with van der Waals surface area (Å²) in [6.07, 6.45) is 11.1. The normalized spacial score (nSPS) is 11.0. The van der Waals surface area contributed by atoms with E-state index in [1.807, 2.05) is 41.5 Å². The lowest BCUT2D eigenvalue weighted by molar-refractivity contribution is -0.139. The van der Waals surface area contributed by atoms with Crippen molar-refractivity contribution < 1.29 is 76.1 Å². The third kappa shape index (κ3) is 26.0. The summed E-state index contributed by atoms with van der Waals surface area (Å²) in [7, 11) is 0. The Morgan fingerprint density at radius 2 is 0.576 bits per heavy atom. The molecule has 0 unspecified atom stereocenters. The topological polar surface area (TPSA) is 195 Å². The number of hydrogen-bond donors (Lipinski definition) is 0. The molecule has 0 fully saturated rings. The van der Waals surface area contributed by atoms with Gasteiger partial charge in [-0.1, -0.05) is 81.4 Å². The van der Waals surface area contributed by atoms with Crippen molar-refractivity contribution in [2.75, 3.05) is 39.6 Å². The number of ether oxygens (including phenoxy) is 10. The fourth-order valence-electron chi connectivity index (χ4n) is 8.63. The Labute approximate surface area is 543 Å². The first kappa shape index (κ1) is 73.6. The molecule has 0 aromatic heterocycles. The predicted molar refractivity (Wildman–Crippen MR) is 356 cm³/mol. The largest absolute Gasteiger partial charge is 0.494 e. The van der Waals surface area contributed by atoms with Crippen molar-refractivity contribution >= 4 is 35.8 Å². The van der Waals surface area contributed by atoms with Crippen LogP contribution in [0.25, 0.3) is 0 Å². The van der Waals surface area contributed by atoms with Gasteiger partial charge in [-0.05, 0) is 222 Å². The molecule has 0 radical (unpaired) electrons. The monoisotopic (exact) mass is 1260 g/mol. The molecule has 6 aromatic carbocycles. The van der Waals surface area contributed by atoms with Crippen LogP contribution < -0.4 is 37.9 Å². The van der Waals surface area contributed by atoms with Crippen LogP contribution in [0.3, 0.4) is 0 Å². The maximum absolute atomic E-state index is 12.9. The Balaban J connectivity index is 0.000000334. The quantitative estimate of drug-likeness (QED) is 0.0160. The maximum atomic E-state index is 12.9. The lowest BCUT2D eigenvalue weighted by Gasteiger charge is -2.23. The zero-order chi connectivity index (χ0) is 67.1. The summed E-state index contributed by atoms with van der Waals surface area (Å²) >= 11 is 0. The molecule has 0 atom stereocenters. The predicted octanol–water partition coefficient (Wildman–Crippen LogP) is 17.3. The van der Waals surface area contributed by atoms with Gasteiger partial charge in [-0.3, -0.25) is 0 Å². The molecule has 92 heavy (non-hydrogen) atoms. The van der Waals surface area contributed by atoms with Gasteiger partial charge in [-0.15, -0.1) is 0 Å². The van der Waals surface area contributed by atoms with Gasteiger partial charge in [-0.25, -0.2) is 28.8 Å². The molecular weight excluding hydrogens is 1170 g/mol. The van der Waals surface area contributed by atoms with Crippen LogP contribution in [0.2, 0.25) is 0 Å². The van der Waals surface area contributed by atoms with Crippen LogP contribution in [0.15, 0.2) is 158 Å². The number of carbonyl (C=O) groups excluding carboxylic acids is 6. The standard InChI is InChI=1S/2C38H46O8/c2*1-7-8-23-42-30-19-15-29(16-20-30)37(41)46-34-22-21-32(26-33(34)38(4,5)6)45-36(40)28-13-17-31(18-14-28)43-24-11-9-10-12-25-44-35(39)27(2)3/h2*13-22,26H,2,7-12,23-25H2,1,3-6H3. The van der Waals surface area contributed by atoms with Gasteiger partial charge in [0.2, 0.25) is 0 Å². The molecule has 0 aliphatic rings. The summed E-state index contributed by atoms with van der Waals surface area (Å²) in [6.45, 7) is 29.7. The highest BCUT2D eigenvalue weighted by Crippen LogP contribution is 2.37. The van der Waals surface area contributed by atoms with Crippen molar-refractivity contribution in [3.8, 4) is 46.0 Å². The number of carbonyl (C=O) groups is 6. The Bertz CT molecular complexity index is 3120. The van der Waals surface area contributed by atoms with E-state index in [2.05, 4.69) is 27.0 Å². The van der Waals surface area contributed by atoms with Crippen LogP contribution in [0.5, 0.6) is 46.0 Å². The van der Waals surface area contributed by atoms with Gasteiger partial charge in [0.15, 0.2) is 0 Å². The summed E-state index contributed by atoms with van der Waals surface area (Å²) in [6, 6.07) is 37.3. The Morgan fingerprint density at radius 1 is 0.326 bits per heavy atom. The van der Waals surface area contributed by atoms with E-state index < -0.39 is 34.7 Å². The molecular formula is C76H92O16. The van der Waals surface area contributed by atoms with Gasteiger partial charge in [0, 0.05) is 22.3 Å². The first-order chi connectivity index (χ1) is 43.9. The number of unbranched alkanes of at least 4 members (excludes halogenated alkanes) is 8. The number of esters is 6. The summed E-state index contributed by atoms with van der Waals surface area (Å²) < 4.78 is 56.0. The summed E-state index contributed by atoms with van der Waals surface area (Å²) in [4.78, 5) is 74.5. The van der Waals surface area contributed by atoms with Crippen molar-refractivity contribution in [3.63, 3.8) is 0 Å². The summed E-state index contributed by atoms with van der Waals surface area (Å²) in [5, 5.41) is 0. The third-order valence-corrected chi connectivity index (χ3v) is 14.0. The van der Waals surface area contributed by atoms with Crippen LogP contribution in [0, 0.1) is 0 Å². The molecule has 0 aliphatic heterocycles. The van der Waals surface area contributed by atoms with E-state index in [-0.39, 0.29) is 11.9 Å². The van der Waals surface area contributed by atoms with Gasteiger partial charge in [-0.2, -0.15) is 0 Å². The second kappa shape index (κ2) is 37.9. The van der Waals surface area contributed by atoms with E-state index in [9.17, 15) is 28.8 Å². The van der Waals surface area contributed by atoms with Crippen LogP contribution in [-0.4, -0.2) is 75.5 Å². The summed E-state index contributed by atoms with van der Waals surface area (Å²) in [5.41, 5.74) is 3.04. The van der Waals surface area contributed by atoms with Crippen molar-refractivity contribution in [1.29, 1.82) is 0 Å². The van der Waals surface area contributed by atoms with Gasteiger partial charge < -0.3 is 47.4 Å². The molecule has 0 N–H and O–H groups in total. The van der Waals surface area contributed by atoms with Crippen LogP contribution in [0.1, 0.15) is 199 Å². The molecule has 0 bridgehead atoms. The first-order valence-corrected chi connectivity index (χ1v) is 31.7. The highest BCUT2D eigenvalue weighted by atomic mass is 16.6. The van der Waals surface area contributed by atoms with E-state index in [1.54, 1.807) is 147 Å². The molecule has 16 heteroatoms. The van der Waals surface area contributed by atoms with E-state index in [1.165, 1.54) is 0 Å². The molecule has 492 valence electrons. The van der Waals surface area contributed by atoms with Crippen molar-refractivity contribution in [2.24, 2.45) is 0 Å². The first-order valence-electron chi connectivity index (χ1n) is 31.7. The number of hydrogen-bond acceptors (Lipinski definition) is 16. The van der Waals surface area contributed by atoms with Crippen molar-refractivity contribution in [3.05, 3.63) is 191 Å². The van der Waals surface area contributed by atoms with Crippen molar-refractivity contribution in [2.45, 2.75) is 157 Å². The second-order valence-electron chi connectivity index (χ2n) is 24.2. The van der Waals surface area contributed by atoms with Crippen LogP contribution in [-0.2, 0) is 29.9 Å². The molecule has 0 spiro atoms. The lowest BCUT2D eigenvalue weighted by Crippen LogP contribution is -2.17. The average molecular weight is 1260 g/mol. The molecule has 6 rings (SSSR count). The zero-order valence-corrected chi connectivity index (χ0v) is 55.4. The molecule has 0 heterocycles. The van der Waals surface area contributed by atoms with E-state index >= 15 is 0 Å². The van der Waals surface area contributed by atoms with Crippen molar-refractivity contribution in [1.82, 2.24) is 0 Å². The minimum Gasteiger partial charge on any atom is -0.494 e. The molecule has 0 aliphatic carbocycles. The number of benzene rings is 6. The van der Waals surface area contributed by atoms with E-state index in [0.717, 1.165) is 88.2 Å². The van der Waals surface area contributed by atoms with Gasteiger partial charge in [0.05, 0.1) is 61.9 Å². The molecule has 6 aromatic rings. The minimum absolute atomic E-state index is 0.345. The van der Waals surface area contributed by atoms with E-state index in [0.29, 0.717) is 119 Å². The fraction of sp³-hybridized carbons (Fsp3) is 0.395. The SMILES string of the molecule is C=C(C)C(=O)OCCCCCCOc1ccc(C(=O)Oc2ccc(OC(=O)c3ccc(OCCCC)cc3)c(C(C)(C)C)c2)cc1.C=C(C)C(=O)OCCCCCCOc1ccc(C(=O)Oc2ccc(OC(=O)c3ccc(OCCCC)cc3)c(C(C)(C)C)c2)cc1. The Morgan fingerprint density at radius 3 is 0.837 bits per heavy atom. The lowest BCUT2D eigenvalue weighted by atomic mass is 9.86. The summed E-state index contributed by atoms with van der Waals surface area (Å²) in [5.74, 6) is 1.51. The van der Waals surface area contributed by atoms with E-state index in [4.69, 9.17) is 47.4 Å². The van der Waals surface area contributed by atoms with Gasteiger partial charge >= 0.3 is 35.8 Å². The maximum Gasteiger partial charge on any atom is 0.343 e. The Kier molecular flexibility index (Phi) is 30.3. The Hall–Kier alpha value is -9.18. The highest BCUT2D eigenvalue weighted by molar-refractivity contribution is 5.94. The fourth-order valence-corrected chi connectivity index (χ4v) is 8.63. The average Bonchev–Trinajstić information content (AvgIpc) is 0.877. The van der Waals surface area contributed by atoms with Gasteiger partial charge in [0.1, 0.15) is 46.0 Å². The minimum atomic E-state index is -0.509. The smallest absolute Gasteiger partial charge is 0.343 e. The molecule has 0 saturated heterocycles. The van der Waals surface area contributed by atoms with Gasteiger partial charge in [0.25, 0.3) is 0 Å².